The minimum atomic E-state index is 0.0299. The summed E-state index contributed by atoms with van der Waals surface area (Å²) in [7, 11) is 0. The zero-order valence-corrected chi connectivity index (χ0v) is 17.1. The Morgan fingerprint density at radius 3 is 3.03 bits per heavy atom. The Labute approximate surface area is 180 Å². The molecule has 1 amide bonds. The van der Waals surface area contributed by atoms with Crippen molar-refractivity contribution in [1.29, 1.82) is 0 Å². The number of fused-ring (bicyclic) bond motifs is 1. The molecule has 2 aliphatic rings. The van der Waals surface area contributed by atoms with Gasteiger partial charge in [-0.2, -0.15) is 0 Å². The average molecular weight is 420 g/mol. The Balaban J connectivity index is 1.19. The molecule has 31 heavy (non-hydrogen) atoms. The number of nitrogens with zero attached hydrogens (tertiary/aromatic N) is 5. The number of benzene rings is 1. The molecule has 0 radical (unpaired) electrons. The van der Waals surface area contributed by atoms with Gasteiger partial charge in [0.15, 0.2) is 11.5 Å². The first-order chi connectivity index (χ1) is 15.2. The van der Waals surface area contributed by atoms with Crippen LogP contribution in [0.2, 0.25) is 0 Å². The van der Waals surface area contributed by atoms with E-state index in [1.54, 1.807) is 18.7 Å². The first-order valence-corrected chi connectivity index (χ1v) is 10.4. The highest BCUT2D eigenvalue weighted by molar-refractivity contribution is 5.77. The molecule has 1 fully saturated rings. The van der Waals surface area contributed by atoms with E-state index in [9.17, 15) is 4.79 Å². The third kappa shape index (κ3) is 4.45. The highest BCUT2D eigenvalue weighted by Crippen LogP contribution is 2.32. The third-order valence-corrected chi connectivity index (χ3v) is 5.59. The number of carbonyl (C=O) groups is 1. The number of aromatic nitrogens is 4. The summed E-state index contributed by atoms with van der Waals surface area (Å²) in [6.45, 7) is 2.17. The molecule has 0 aliphatic carbocycles. The number of imidazole rings is 1. The van der Waals surface area contributed by atoms with E-state index in [4.69, 9.17) is 14.5 Å². The maximum absolute atomic E-state index is 12.6. The van der Waals surface area contributed by atoms with E-state index in [1.165, 1.54) is 0 Å². The SMILES string of the molecule is O=C(CC1CCCN1c1ccnc(Cn2ccnc2)n1)NCc1ccc2c(c1)OCO2. The first-order valence-electron chi connectivity index (χ1n) is 10.4. The smallest absolute Gasteiger partial charge is 0.231 e. The number of rotatable bonds is 7. The van der Waals surface area contributed by atoms with Crippen LogP contribution >= 0.6 is 0 Å². The normalized spacial score (nSPS) is 17.2. The highest BCUT2D eigenvalue weighted by atomic mass is 16.7. The molecule has 3 aromatic rings. The summed E-state index contributed by atoms with van der Waals surface area (Å²) in [5, 5.41) is 3.03. The van der Waals surface area contributed by atoms with Crippen LogP contribution in [-0.2, 0) is 17.9 Å². The van der Waals surface area contributed by atoms with Crippen molar-refractivity contribution in [2.75, 3.05) is 18.2 Å². The second-order valence-electron chi connectivity index (χ2n) is 7.72. The molecule has 1 unspecified atom stereocenters. The minimum Gasteiger partial charge on any atom is -0.454 e. The third-order valence-electron chi connectivity index (χ3n) is 5.59. The monoisotopic (exact) mass is 420 g/mol. The van der Waals surface area contributed by atoms with E-state index in [2.05, 4.69) is 20.2 Å². The van der Waals surface area contributed by atoms with Crippen molar-refractivity contribution in [3.8, 4) is 11.5 Å². The maximum Gasteiger partial charge on any atom is 0.231 e. The van der Waals surface area contributed by atoms with E-state index >= 15 is 0 Å². The Bertz CT molecular complexity index is 1060. The van der Waals surface area contributed by atoms with Gasteiger partial charge in [-0.15, -0.1) is 0 Å². The van der Waals surface area contributed by atoms with E-state index in [0.717, 1.165) is 48.1 Å². The molecule has 160 valence electrons. The summed E-state index contributed by atoms with van der Waals surface area (Å²) in [5.41, 5.74) is 0.987. The van der Waals surface area contributed by atoms with Crippen molar-refractivity contribution in [2.24, 2.45) is 0 Å². The fourth-order valence-corrected chi connectivity index (χ4v) is 4.06. The van der Waals surface area contributed by atoms with Crippen LogP contribution in [0.25, 0.3) is 0 Å². The molecule has 9 heteroatoms. The van der Waals surface area contributed by atoms with Crippen molar-refractivity contribution in [3.63, 3.8) is 0 Å². The van der Waals surface area contributed by atoms with Crippen LogP contribution < -0.4 is 19.7 Å². The standard InChI is InChI=1S/C22H24N6O3/c29-22(25-12-16-3-4-18-19(10-16)31-15-30-18)11-17-2-1-8-28(17)21-5-6-24-20(26-21)13-27-9-7-23-14-27/h3-7,9-10,14,17H,1-2,8,11-13,15H2,(H,25,29). The molecule has 1 aromatic carbocycles. The number of hydrogen-bond acceptors (Lipinski definition) is 7. The quantitative estimate of drug-likeness (QED) is 0.626. The van der Waals surface area contributed by atoms with Crippen LogP contribution in [0.1, 0.15) is 30.7 Å². The van der Waals surface area contributed by atoms with Crippen molar-refractivity contribution in [2.45, 2.75) is 38.4 Å². The number of amides is 1. The summed E-state index contributed by atoms with van der Waals surface area (Å²) in [6.07, 6.45) is 9.61. The van der Waals surface area contributed by atoms with Crippen LogP contribution in [0.15, 0.2) is 49.2 Å². The fourth-order valence-electron chi connectivity index (χ4n) is 4.06. The van der Waals surface area contributed by atoms with E-state index < -0.39 is 0 Å². The fraction of sp³-hybridized carbons (Fsp3) is 0.364. The van der Waals surface area contributed by atoms with E-state index in [0.29, 0.717) is 19.5 Å². The lowest BCUT2D eigenvalue weighted by Crippen LogP contribution is -2.35. The zero-order valence-electron chi connectivity index (χ0n) is 17.1. The van der Waals surface area contributed by atoms with Crippen LogP contribution in [-0.4, -0.2) is 44.8 Å². The number of anilines is 1. The van der Waals surface area contributed by atoms with Gasteiger partial charge in [-0.25, -0.2) is 15.0 Å². The molecule has 0 saturated carbocycles. The Morgan fingerprint density at radius 1 is 1.19 bits per heavy atom. The topological polar surface area (TPSA) is 94.4 Å². The van der Waals surface area contributed by atoms with Gasteiger partial charge in [-0.05, 0) is 36.6 Å². The molecule has 0 bridgehead atoms. The van der Waals surface area contributed by atoms with E-state index in [-0.39, 0.29) is 18.7 Å². The van der Waals surface area contributed by atoms with Gasteiger partial charge in [0.1, 0.15) is 11.6 Å². The maximum atomic E-state index is 12.6. The molecule has 1 atom stereocenters. The molecular formula is C22H24N6O3. The molecular weight excluding hydrogens is 396 g/mol. The van der Waals surface area contributed by atoms with Crippen molar-refractivity contribution in [1.82, 2.24) is 24.8 Å². The molecule has 1 N–H and O–H groups in total. The number of carbonyl (C=O) groups excluding carboxylic acids is 1. The summed E-state index contributed by atoms with van der Waals surface area (Å²) < 4.78 is 12.7. The summed E-state index contributed by atoms with van der Waals surface area (Å²) in [6, 6.07) is 7.78. The van der Waals surface area contributed by atoms with Gasteiger partial charge >= 0.3 is 0 Å². The predicted molar refractivity (Wildman–Crippen MR) is 113 cm³/mol. The Kier molecular flexibility index (Phi) is 5.39. The summed E-state index contributed by atoms with van der Waals surface area (Å²) >= 11 is 0. The molecule has 5 rings (SSSR count). The lowest BCUT2D eigenvalue weighted by molar-refractivity contribution is -0.121. The van der Waals surface area contributed by atoms with E-state index in [1.807, 2.05) is 35.0 Å². The van der Waals surface area contributed by atoms with Gasteiger partial charge in [0.2, 0.25) is 12.7 Å². The van der Waals surface area contributed by atoms with Gasteiger partial charge in [-0.3, -0.25) is 4.79 Å². The summed E-state index contributed by atoms with van der Waals surface area (Å²) in [4.78, 5) is 28.0. The Morgan fingerprint density at radius 2 is 2.13 bits per heavy atom. The van der Waals surface area contributed by atoms with Crippen LogP contribution in [0, 0.1) is 0 Å². The van der Waals surface area contributed by atoms with Crippen LogP contribution in [0.4, 0.5) is 5.82 Å². The van der Waals surface area contributed by atoms with Gasteiger partial charge in [0.25, 0.3) is 0 Å². The van der Waals surface area contributed by atoms with Crippen LogP contribution in [0.3, 0.4) is 0 Å². The van der Waals surface area contributed by atoms with Gasteiger partial charge < -0.3 is 24.3 Å². The average Bonchev–Trinajstić information content (AvgIpc) is 3.54. The molecule has 2 aliphatic heterocycles. The lowest BCUT2D eigenvalue weighted by atomic mass is 10.1. The first kappa shape index (κ1) is 19.3. The second kappa shape index (κ2) is 8.63. The second-order valence-corrected chi connectivity index (χ2v) is 7.72. The van der Waals surface area contributed by atoms with Gasteiger partial charge in [0, 0.05) is 44.1 Å². The largest absolute Gasteiger partial charge is 0.454 e. The van der Waals surface area contributed by atoms with Gasteiger partial charge in [-0.1, -0.05) is 6.07 Å². The molecule has 0 spiro atoms. The number of hydrogen-bond donors (Lipinski definition) is 1. The number of nitrogens with one attached hydrogen (secondary N) is 1. The van der Waals surface area contributed by atoms with Gasteiger partial charge in [0.05, 0.1) is 12.9 Å². The van der Waals surface area contributed by atoms with Crippen LogP contribution in [0.5, 0.6) is 11.5 Å². The molecule has 1 saturated heterocycles. The molecule has 2 aromatic heterocycles. The zero-order chi connectivity index (χ0) is 21.0. The summed E-state index contributed by atoms with van der Waals surface area (Å²) in [5.74, 6) is 3.10. The molecule has 4 heterocycles. The highest BCUT2D eigenvalue weighted by Gasteiger charge is 2.28. The van der Waals surface area contributed by atoms with Crippen molar-refractivity contribution < 1.29 is 14.3 Å². The molecule has 9 nitrogen and oxygen atoms in total. The predicted octanol–water partition coefficient (Wildman–Crippen LogP) is 2.13. The minimum absolute atomic E-state index is 0.0299. The van der Waals surface area contributed by atoms with Crippen molar-refractivity contribution >= 4 is 11.7 Å². The van der Waals surface area contributed by atoms with Crippen molar-refractivity contribution in [3.05, 3.63) is 60.6 Å². The lowest BCUT2D eigenvalue weighted by Gasteiger charge is -2.25. The Hall–Kier alpha value is -3.62. The number of ether oxygens (including phenoxy) is 2.